The van der Waals surface area contributed by atoms with E-state index < -0.39 is 23.6 Å². The van der Waals surface area contributed by atoms with Gasteiger partial charge in [0.15, 0.2) is 0 Å². The van der Waals surface area contributed by atoms with Gasteiger partial charge < -0.3 is 5.43 Å². The zero-order chi connectivity index (χ0) is 17.7. The van der Waals surface area contributed by atoms with Crippen molar-refractivity contribution in [2.75, 3.05) is 5.43 Å². The number of carbonyl (C=O) groups is 2. The van der Waals surface area contributed by atoms with E-state index in [1.165, 1.54) is 31.2 Å². The first-order valence-electron chi connectivity index (χ1n) is 6.88. The van der Waals surface area contributed by atoms with Crippen molar-refractivity contribution in [3.63, 3.8) is 0 Å². The summed E-state index contributed by atoms with van der Waals surface area (Å²) in [6, 6.07) is 12.2. The molecule has 0 aliphatic carbocycles. The number of hydrogen-bond donors (Lipinski definition) is 2. The largest absolute Gasteiger partial charge is 0.416 e. The van der Waals surface area contributed by atoms with E-state index in [4.69, 9.17) is 0 Å². The minimum Gasteiger partial charge on any atom is -0.303 e. The molecule has 0 aliphatic heterocycles. The van der Waals surface area contributed by atoms with Crippen LogP contribution in [0.5, 0.6) is 0 Å². The highest BCUT2D eigenvalue weighted by molar-refractivity contribution is 6.03. The molecule has 2 N–H and O–H groups in total. The molecule has 0 fully saturated rings. The third kappa shape index (κ3) is 4.32. The summed E-state index contributed by atoms with van der Waals surface area (Å²) in [5.41, 5.74) is 4.67. The molecule has 0 atom stereocenters. The summed E-state index contributed by atoms with van der Waals surface area (Å²) < 4.78 is 37.5. The van der Waals surface area contributed by atoms with Gasteiger partial charge in [-0.1, -0.05) is 18.2 Å². The number of benzene rings is 2. The van der Waals surface area contributed by atoms with E-state index in [0.29, 0.717) is 0 Å². The lowest BCUT2D eigenvalue weighted by molar-refractivity contribution is -0.137. The second-order valence-electron chi connectivity index (χ2n) is 4.84. The second kappa shape index (κ2) is 7.14. The Morgan fingerprint density at radius 2 is 1.54 bits per heavy atom. The summed E-state index contributed by atoms with van der Waals surface area (Å²) in [5.74, 6) is -1.18. The SMILES string of the molecule is CC(=O)N(NNc1ccc(C(F)(F)F)cc1)C(=O)c1ccccc1. The molecule has 0 saturated heterocycles. The lowest BCUT2D eigenvalue weighted by atomic mass is 10.2. The minimum absolute atomic E-state index is 0.259. The van der Waals surface area contributed by atoms with Crippen molar-refractivity contribution in [3.05, 3.63) is 65.7 Å². The van der Waals surface area contributed by atoms with Crippen LogP contribution >= 0.6 is 0 Å². The average Bonchev–Trinajstić information content (AvgIpc) is 2.55. The van der Waals surface area contributed by atoms with E-state index >= 15 is 0 Å². The van der Waals surface area contributed by atoms with Crippen molar-refractivity contribution in [1.29, 1.82) is 0 Å². The number of nitrogens with zero attached hydrogens (tertiary/aromatic N) is 1. The van der Waals surface area contributed by atoms with Crippen molar-refractivity contribution in [2.24, 2.45) is 0 Å². The number of hydrazine groups is 2. The molecule has 8 heteroatoms. The summed E-state index contributed by atoms with van der Waals surface area (Å²) >= 11 is 0. The molecule has 0 aromatic heterocycles. The molecule has 0 heterocycles. The zero-order valence-corrected chi connectivity index (χ0v) is 12.6. The number of carbonyl (C=O) groups excluding carboxylic acids is 2. The maximum atomic E-state index is 12.5. The topological polar surface area (TPSA) is 61.4 Å². The van der Waals surface area contributed by atoms with E-state index in [-0.39, 0.29) is 11.3 Å². The molecule has 0 unspecified atom stereocenters. The minimum atomic E-state index is -4.43. The molecule has 2 aromatic carbocycles. The Labute approximate surface area is 136 Å². The van der Waals surface area contributed by atoms with Crippen molar-refractivity contribution in [2.45, 2.75) is 13.1 Å². The molecule has 0 bridgehead atoms. The number of nitrogens with one attached hydrogen (secondary N) is 2. The third-order valence-electron chi connectivity index (χ3n) is 3.06. The van der Waals surface area contributed by atoms with E-state index in [1.54, 1.807) is 18.2 Å². The first-order valence-corrected chi connectivity index (χ1v) is 6.88. The first-order chi connectivity index (χ1) is 11.3. The van der Waals surface area contributed by atoms with Crippen LogP contribution in [-0.4, -0.2) is 16.8 Å². The number of anilines is 1. The van der Waals surface area contributed by atoms with Crippen molar-refractivity contribution in [3.8, 4) is 0 Å². The van der Waals surface area contributed by atoms with Crippen molar-refractivity contribution in [1.82, 2.24) is 10.5 Å². The summed E-state index contributed by atoms with van der Waals surface area (Å²) in [6.45, 7) is 1.18. The quantitative estimate of drug-likeness (QED) is 0.841. The Morgan fingerprint density at radius 1 is 0.958 bits per heavy atom. The molecule has 24 heavy (non-hydrogen) atoms. The van der Waals surface area contributed by atoms with Gasteiger partial charge in [-0.25, -0.2) is 0 Å². The third-order valence-corrected chi connectivity index (χ3v) is 3.06. The van der Waals surface area contributed by atoms with Gasteiger partial charge in [0.2, 0.25) is 5.91 Å². The van der Waals surface area contributed by atoms with Crippen LogP contribution in [0, 0.1) is 0 Å². The van der Waals surface area contributed by atoms with Crippen LogP contribution in [0.3, 0.4) is 0 Å². The first kappa shape index (κ1) is 17.5. The predicted molar refractivity (Wildman–Crippen MR) is 81.5 cm³/mol. The summed E-state index contributed by atoms with van der Waals surface area (Å²) in [6.07, 6.45) is -4.43. The summed E-state index contributed by atoms with van der Waals surface area (Å²) in [7, 11) is 0. The highest BCUT2D eigenvalue weighted by atomic mass is 19.4. The monoisotopic (exact) mass is 337 g/mol. The molecule has 0 saturated carbocycles. The van der Waals surface area contributed by atoms with Crippen LogP contribution < -0.4 is 11.0 Å². The van der Waals surface area contributed by atoms with Crippen LogP contribution in [0.4, 0.5) is 18.9 Å². The van der Waals surface area contributed by atoms with Crippen LogP contribution in [-0.2, 0) is 11.0 Å². The Kier molecular flexibility index (Phi) is 5.20. The second-order valence-corrected chi connectivity index (χ2v) is 4.84. The highest BCUT2D eigenvalue weighted by Crippen LogP contribution is 2.29. The van der Waals surface area contributed by atoms with E-state index in [0.717, 1.165) is 17.1 Å². The number of amides is 2. The van der Waals surface area contributed by atoms with Crippen molar-refractivity contribution >= 4 is 17.5 Å². The smallest absolute Gasteiger partial charge is 0.303 e. The van der Waals surface area contributed by atoms with E-state index in [1.807, 2.05) is 0 Å². The van der Waals surface area contributed by atoms with Gasteiger partial charge in [0.1, 0.15) is 0 Å². The fourth-order valence-electron chi connectivity index (χ4n) is 1.85. The number of halogens is 3. The fourth-order valence-corrected chi connectivity index (χ4v) is 1.85. The molecule has 5 nitrogen and oxygen atoms in total. The van der Waals surface area contributed by atoms with E-state index in [9.17, 15) is 22.8 Å². The predicted octanol–water partition coefficient (Wildman–Crippen LogP) is 3.23. The molecular weight excluding hydrogens is 323 g/mol. The number of imide groups is 1. The molecule has 126 valence electrons. The molecule has 2 rings (SSSR count). The van der Waals surface area contributed by atoms with Gasteiger partial charge in [-0.15, -0.1) is 5.53 Å². The number of alkyl halides is 3. The fraction of sp³-hybridized carbons (Fsp3) is 0.125. The number of rotatable bonds is 4. The lowest BCUT2D eigenvalue weighted by Crippen LogP contribution is -2.48. The zero-order valence-electron chi connectivity index (χ0n) is 12.6. The van der Waals surface area contributed by atoms with Gasteiger partial charge in [-0.2, -0.15) is 18.2 Å². The molecule has 2 aromatic rings. The molecule has 0 aliphatic rings. The molecular formula is C16H14F3N3O2. The summed E-state index contributed by atoms with van der Waals surface area (Å²) in [4.78, 5) is 23.9. The van der Waals surface area contributed by atoms with Crippen molar-refractivity contribution < 1.29 is 22.8 Å². The van der Waals surface area contributed by atoms with Crippen LogP contribution in [0.15, 0.2) is 54.6 Å². The summed E-state index contributed by atoms with van der Waals surface area (Å²) in [5, 5.41) is 0.729. The standard InChI is InChI=1S/C16H14F3N3O2/c1-11(23)22(15(24)12-5-3-2-4-6-12)21-20-14-9-7-13(8-10-14)16(17,18)19/h2-10,20-21H,1H3. The maximum Gasteiger partial charge on any atom is 0.416 e. The van der Waals surface area contributed by atoms with Gasteiger partial charge in [0.25, 0.3) is 5.91 Å². The van der Waals surface area contributed by atoms with Crippen LogP contribution in [0.1, 0.15) is 22.8 Å². The Bertz CT molecular complexity index is 716. The van der Waals surface area contributed by atoms with Crippen LogP contribution in [0.2, 0.25) is 0 Å². The van der Waals surface area contributed by atoms with Crippen LogP contribution in [0.25, 0.3) is 0 Å². The van der Waals surface area contributed by atoms with Gasteiger partial charge in [0, 0.05) is 12.5 Å². The van der Waals surface area contributed by atoms with Gasteiger partial charge in [-0.05, 0) is 36.4 Å². The molecule has 0 radical (unpaired) electrons. The van der Waals surface area contributed by atoms with Gasteiger partial charge in [0.05, 0.1) is 11.3 Å². The van der Waals surface area contributed by atoms with E-state index in [2.05, 4.69) is 11.0 Å². The maximum absolute atomic E-state index is 12.5. The Balaban J connectivity index is 2.07. The average molecular weight is 337 g/mol. The highest BCUT2D eigenvalue weighted by Gasteiger charge is 2.30. The molecule has 2 amide bonds. The lowest BCUT2D eigenvalue weighted by Gasteiger charge is -2.21. The van der Waals surface area contributed by atoms with Gasteiger partial charge >= 0.3 is 6.18 Å². The Morgan fingerprint density at radius 3 is 2.04 bits per heavy atom. The number of hydrogen-bond acceptors (Lipinski definition) is 4. The molecule has 0 spiro atoms. The Hall–Kier alpha value is -2.87. The normalized spacial score (nSPS) is 11.0. The van der Waals surface area contributed by atoms with Gasteiger partial charge in [-0.3, -0.25) is 9.59 Å².